The predicted octanol–water partition coefficient (Wildman–Crippen LogP) is 6.17. The standard InChI is InChI=1S/C31H25F3N4O4/c1-18-26(27(39)25-17-38(37-35-25)16-19-3-2-4-24(15-19)31(32,33)34)28(42-36-18)22-7-5-20(6-8-22)21-9-11-23(12-10-21)30(13-14-30)29(40)41/h2-12,15,17,27,39H,13-14,16H2,1H3,(H,40,41). The van der Waals surface area contributed by atoms with Crippen molar-refractivity contribution >= 4 is 5.97 Å². The molecular weight excluding hydrogens is 549 g/mol. The number of nitrogens with zero attached hydrogens (tertiary/aromatic N) is 4. The predicted molar refractivity (Wildman–Crippen MR) is 145 cm³/mol. The lowest BCUT2D eigenvalue weighted by molar-refractivity contribution is -0.140. The second-order valence-corrected chi connectivity index (χ2v) is 10.5. The van der Waals surface area contributed by atoms with E-state index in [4.69, 9.17) is 4.52 Å². The minimum Gasteiger partial charge on any atom is -0.481 e. The molecule has 1 saturated carbocycles. The number of rotatable bonds is 8. The summed E-state index contributed by atoms with van der Waals surface area (Å²) >= 11 is 0. The summed E-state index contributed by atoms with van der Waals surface area (Å²) in [7, 11) is 0. The van der Waals surface area contributed by atoms with Gasteiger partial charge in [0.1, 0.15) is 11.8 Å². The molecule has 1 atom stereocenters. The van der Waals surface area contributed by atoms with Crippen molar-refractivity contribution in [3.05, 3.63) is 113 Å². The Morgan fingerprint density at radius 2 is 1.67 bits per heavy atom. The van der Waals surface area contributed by atoms with Crippen LogP contribution in [0, 0.1) is 6.92 Å². The van der Waals surface area contributed by atoms with Gasteiger partial charge in [0.2, 0.25) is 0 Å². The van der Waals surface area contributed by atoms with Crippen LogP contribution in [0.1, 0.15) is 52.6 Å². The molecule has 1 aliphatic rings. The number of halogens is 3. The van der Waals surface area contributed by atoms with Gasteiger partial charge in [-0.1, -0.05) is 71.0 Å². The van der Waals surface area contributed by atoms with E-state index < -0.39 is 29.2 Å². The summed E-state index contributed by atoms with van der Waals surface area (Å²) in [5.41, 5.74) is 3.26. The minimum absolute atomic E-state index is 0.0405. The zero-order chi connectivity index (χ0) is 29.6. The quantitative estimate of drug-likeness (QED) is 0.228. The number of carboxylic acids is 1. The third-order valence-corrected chi connectivity index (χ3v) is 7.69. The molecule has 11 heteroatoms. The average molecular weight is 575 g/mol. The molecule has 1 aliphatic carbocycles. The number of aromatic nitrogens is 4. The molecular formula is C31H25F3N4O4. The molecule has 42 heavy (non-hydrogen) atoms. The normalized spacial score (nSPS) is 15.0. The Labute approximate surface area is 238 Å². The van der Waals surface area contributed by atoms with Crippen LogP contribution in [0.4, 0.5) is 13.2 Å². The molecule has 2 heterocycles. The van der Waals surface area contributed by atoms with E-state index in [1.165, 1.54) is 16.9 Å². The topological polar surface area (TPSA) is 114 Å². The van der Waals surface area contributed by atoms with Crippen molar-refractivity contribution in [2.75, 3.05) is 0 Å². The van der Waals surface area contributed by atoms with Gasteiger partial charge in [-0.2, -0.15) is 13.2 Å². The highest BCUT2D eigenvalue weighted by Gasteiger charge is 2.51. The fraction of sp³-hybridized carbons (Fsp3) is 0.226. The molecule has 6 rings (SSSR count). The lowest BCUT2D eigenvalue weighted by Crippen LogP contribution is -2.19. The molecule has 2 N–H and O–H groups in total. The zero-order valence-electron chi connectivity index (χ0n) is 22.3. The van der Waals surface area contributed by atoms with Crippen LogP contribution in [0.5, 0.6) is 0 Å². The fourth-order valence-corrected chi connectivity index (χ4v) is 5.15. The van der Waals surface area contributed by atoms with Crippen LogP contribution in [0.3, 0.4) is 0 Å². The average Bonchev–Trinajstić information content (AvgIpc) is 3.52. The van der Waals surface area contributed by atoms with Crippen LogP contribution in [-0.2, 0) is 22.9 Å². The first-order valence-electron chi connectivity index (χ1n) is 13.2. The van der Waals surface area contributed by atoms with Crippen molar-refractivity contribution in [1.82, 2.24) is 20.2 Å². The second kappa shape index (κ2) is 10.3. The summed E-state index contributed by atoms with van der Waals surface area (Å²) < 4.78 is 46.2. The lowest BCUT2D eigenvalue weighted by atomic mass is 9.93. The smallest absolute Gasteiger partial charge is 0.416 e. The van der Waals surface area contributed by atoms with Crippen molar-refractivity contribution in [3.63, 3.8) is 0 Å². The Kier molecular flexibility index (Phi) is 6.69. The van der Waals surface area contributed by atoms with Crippen LogP contribution in [-0.4, -0.2) is 36.3 Å². The number of aliphatic carboxylic acids is 1. The third kappa shape index (κ3) is 5.07. The molecule has 0 radical (unpaired) electrons. The van der Waals surface area contributed by atoms with E-state index in [0.717, 1.165) is 28.8 Å². The SMILES string of the molecule is Cc1noc(-c2ccc(-c3ccc(C4(C(=O)O)CC4)cc3)cc2)c1C(O)c1cn(Cc2cccc(C(F)(F)F)c2)nn1. The van der Waals surface area contributed by atoms with Gasteiger partial charge in [0.15, 0.2) is 5.76 Å². The summed E-state index contributed by atoms with van der Waals surface area (Å²) in [6.45, 7) is 1.73. The minimum atomic E-state index is -4.45. The number of hydrogen-bond acceptors (Lipinski definition) is 6. The summed E-state index contributed by atoms with van der Waals surface area (Å²) in [4.78, 5) is 11.6. The van der Waals surface area contributed by atoms with Crippen molar-refractivity contribution in [1.29, 1.82) is 0 Å². The van der Waals surface area contributed by atoms with Crippen LogP contribution in [0.2, 0.25) is 0 Å². The molecule has 1 fully saturated rings. The Bertz CT molecular complexity index is 1750. The van der Waals surface area contributed by atoms with Crippen molar-refractivity contribution < 1.29 is 32.7 Å². The van der Waals surface area contributed by atoms with Gasteiger partial charge < -0.3 is 14.7 Å². The Morgan fingerprint density at radius 1 is 1.02 bits per heavy atom. The molecule has 0 spiro atoms. The largest absolute Gasteiger partial charge is 0.481 e. The summed E-state index contributed by atoms with van der Waals surface area (Å²) in [6.07, 6.45) is -2.92. The Hall–Kier alpha value is -4.77. The maximum atomic E-state index is 13.1. The van der Waals surface area contributed by atoms with Crippen molar-refractivity contribution in [2.45, 2.75) is 44.0 Å². The summed E-state index contributed by atoms with van der Waals surface area (Å²) in [5.74, 6) is -0.440. The molecule has 0 aliphatic heterocycles. The highest BCUT2D eigenvalue weighted by atomic mass is 19.4. The molecule has 0 bridgehead atoms. The number of aliphatic hydroxyl groups excluding tert-OH is 1. The van der Waals surface area contributed by atoms with Crippen molar-refractivity contribution in [2.24, 2.45) is 0 Å². The third-order valence-electron chi connectivity index (χ3n) is 7.69. The van der Waals surface area contributed by atoms with E-state index in [1.54, 1.807) is 13.0 Å². The lowest BCUT2D eigenvalue weighted by Gasteiger charge is -2.11. The van der Waals surface area contributed by atoms with Gasteiger partial charge in [-0.15, -0.1) is 5.10 Å². The number of aryl methyl sites for hydroxylation is 1. The van der Waals surface area contributed by atoms with Crippen LogP contribution < -0.4 is 0 Å². The number of hydrogen-bond donors (Lipinski definition) is 2. The van der Waals surface area contributed by atoms with E-state index >= 15 is 0 Å². The highest BCUT2D eigenvalue weighted by Crippen LogP contribution is 2.48. The van der Waals surface area contributed by atoms with E-state index in [2.05, 4.69) is 15.5 Å². The molecule has 214 valence electrons. The van der Waals surface area contributed by atoms with Gasteiger partial charge in [-0.25, -0.2) is 4.68 Å². The van der Waals surface area contributed by atoms with Gasteiger partial charge in [0.25, 0.3) is 0 Å². The van der Waals surface area contributed by atoms with Gasteiger partial charge in [-0.05, 0) is 54.2 Å². The number of alkyl halides is 3. The van der Waals surface area contributed by atoms with Gasteiger partial charge >= 0.3 is 12.1 Å². The van der Waals surface area contributed by atoms with Crippen molar-refractivity contribution in [3.8, 4) is 22.5 Å². The van der Waals surface area contributed by atoms with E-state index in [-0.39, 0.29) is 12.2 Å². The molecule has 3 aromatic carbocycles. The first-order chi connectivity index (χ1) is 20.0. The number of aliphatic hydroxyl groups is 1. The summed E-state index contributed by atoms with van der Waals surface area (Å²) in [6, 6.07) is 20.0. The molecule has 1 unspecified atom stereocenters. The number of carbonyl (C=O) groups is 1. The first-order valence-corrected chi connectivity index (χ1v) is 13.2. The van der Waals surface area contributed by atoms with Crippen LogP contribution in [0.25, 0.3) is 22.5 Å². The first kappa shape index (κ1) is 27.4. The monoisotopic (exact) mass is 574 g/mol. The molecule has 2 aromatic heterocycles. The Balaban J connectivity index is 1.20. The Morgan fingerprint density at radius 3 is 2.29 bits per heavy atom. The molecule has 8 nitrogen and oxygen atoms in total. The van der Waals surface area contributed by atoms with Gasteiger partial charge in [0, 0.05) is 5.56 Å². The van der Waals surface area contributed by atoms with Crippen LogP contribution in [0.15, 0.2) is 83.5 Å². The van der Waals surface area contributed by atoms with E-state index in [0.29, 0.717) is 41.0 Å². The van der Waals surface area contributed by atoms with Gasteiger partial charge in [0.05, 0.1) is 35.0 Å². The highest BCUT2D eigenvalue weighted by molar-refractivity contribution is 5.85. The van der Waals surface area contributed by atoms with Crippen LogP contribution >= 0.6 is 0 Å². The molecule has 0 saturated heterocycles. The number of benzene rings is 3. The second-order valence-electron chi connectivity index (χ2n) is 10.5. The van der Waals surface area contributed by atoms with E-state index in [9.17, 15) is 28.2 Å². The fourth-order valence-electron chi connectivity index (χ4n) is 5.15. The molecule has 5 aromatic rings. The summed E-state index contributed by atoms with van der Waals surface area (Å²) in [5, 5.41) is 32.8. The van der Waals surface area contributed by atoms with Gasteiger partial charge in [-0.3, -0.25) is 4.79 Å². The maximum absolute atomic E-state index is 13.1. The maximum Gasteiger partial charge on any atom is 0.416 e. The van der Waals surface area contributed by atoms with E-state index in [1.807, 2.05) is 48.5 Å². The number of carboxylic acid groups (broad SMARTS) is 1. The molecule has 0 amide bonds. The zero-order valence-corrected chi connectivity index (χ0v) is 22.3.